The van der Waals surface area contributed by atoms with Crippen molar-refractivity contribution in [1.82, 2.24) is 9.97 Å². The lowest BCUT2D eigenvalue weighted by Gasteiger charge is -2.18. The normalized spacial score (nSPS) is 11.4. The van der Waals surface area contributed by atoms with E-state index in [1.54, 1.807) is 0 Å². The van der Waals surface area contributed by atoms with E-state index in [1.165, 1.54) is 13.0 Å². The molecule has 0 amide bonds. The van der Waals surface area contributed by atoms with E-state index >= 15 is 0 Å². The third-order valence-electron chi connectivity index (χ3n) is 11.0. The fourth-order valence-electron chi connectivity index (χ4n) is 8.03. The third-order valence-corrected chi connectivity index (χ3v) is 11.0. The number of carbonyl (C=O) groups is 1. The van der Waals surface area contributed by atoms with Gasteiger partial charge >= 0.3 is 0 Å². The summed E-state index contributed by atoms with van der Waals surface area (Å²) in [5.41, 5.74) is 16.9. The maximum atomic E-state index is 12.7. The fraction of sp³-hybridized carbons (Fsp3) is 0.0536. The van der Waals surface area contributed by atoms with Crippen LogP contribution in [-0.2, 0) is 11.2 Å². The van der Waals surface area contributed by atoms with E-state index in [0.717, 1.165) is 94.6 Å². The summed E-state index contributed by atoms with van der Waals surface area (Å²) in [6.07, 6.45) is 4.11. The lowest BCUT2D eigenvalue weighted by molar-refractivity contribution is -0.114. The zero-order valence-electron chi connectivity index (χ0n) is 33.3. The molecule has 4 heteroatoms. The topological polar surface area (TPSA) is 63.1 Å². The van der Waals surface area contributed by atoms with Crippen molar-refractivity contribution < 1.29 is 9.90 Å². The van der Waals surface area contributed by atoms with E-state index in [4.69, 9.17) is 9.97 Å². The number of fused-ring (bicyclic) bond motifs is 1. The average Bonchev–Trinajstić information content (AvgIpc) is 3.31. The molecule has 0 spiro atoms. The van der Waals surface area contributed by atoms with Gasteiger partial charge in [0.1, 0.15) is 0 Å². The number of pyridine rings is 2. The Hall–Kier alpha value is -7.69. The van der Waals surface area contributed by atoms with E-state index in [0.29, 0.717) is 12.8 Å². The van der Waals surface area contributed by atoms with Crippen LogP contribution in [0.3, 0.4) is 0 Å². The zero-order chi connectivity index (χ0) is 40.8. The maximum absolute atomic E-state index is 12.7. The first-order valence-electron chi connectivity index (χ1n) is 20.3. The van der Waals surface area contributed by atoms with Crippen molar-refractivity contribution in [3.05, 3.63) is 218 Å². The van der Waals surface area contributed by atoms with Crippen LogP contribution in [0.1, 0.15) is 18.9 Å². The van der Waals surface area contributed by atoms with Gasteiger partial charge in [-0.25, -0.2) is 4.98 Å². The lowest BCUT2D eigenvalue weighted by Crippen LogP contribution is -1.99. The molecule has 0 atom stereocenters. The van der Waals surface area contributed by atoms with Gasteiger partial charge in [-0.1, -0.05) is 158 Å². The maximum Gasteiger partial charge on any atom is 0.159 e. The quantitative estimate of drug-likeness (QED) is 0.105. The van der Waals surface area contributed by atoms with Crippen LogP contribution in [0, 0.1) is 0 Å². The average molecular weight is 775 g/mol. The Morgan fingerprint density at radius 1 is 0.483 bits per heavy atom. The van der Waals surface area contributed by atoms with Gasteiger partial charge in [-0.3, -0.25) is 9.78 Å². The Kier molecular flexibility index (Phi) is 10.8. The number of ketones is 1. The summed E-state index contributed by atoms with van der Waals surface area (Å²) in [6.45, 7) is 1.53. The fourth-order valence-corrected chi connectivity index (χ4v) is 8.03. The summed E-state index contributed by atoms with van der Waals surface area (Å²) in [4.78, 5) is 22.5. The van der Waals surface area contributed by atoms with Gasteiger partial charge < -0.3 is 5.11 Å². The van der Waals surface area contributed by atoms with Crippen molar-refractivity contribution in [2.75, 3.05) is 0 Å². The van der Waals surface area contributed by atoms with Crippen molar-refractivity contribution in [3.8, 4) is 78.1 Å². The minimum absolute atomic E-state index is 0.0212. The minimum Gasteiger partial charge on any atom is -0.512 e. The number of nitrogens with zero attached hydrogens (tertiary/aromatic N) is 2. The lowest BCUT2D eigenvalue weighted by atomic mass is 9.86. The van der Waals surface area contributed by atoms with Crippen LogP contribution in [-0.4, -0.2) is 20.9 Å². The molecule has 7 aromatic carbocycles. The number of carbonyl (C=O) groups excluding carboxylic acids is 1. The standard InChI is InChI=1S/C56H42N2O2/c1-38(59)33-48(60)30-27-39-13-5-7-17-49(39)45-34-46(36-47(35-45)53-21-11-9-19-51(53)44-29-31-54(57-37-44)41-14-3-2-4-15-41)52-20-10-8-18-50(52)40-23-25-43(26-24-40)56-32-28-42-16-6-12-22-55(42)58-56/h2-26,28-29,31-37,59H,27,30H2,1H3/b38-33-. The molecule has 288 valence electrons. The Labute approximate surface area is 350 Å². The molecule has 0 aliphatic rings. The molecule has 0 saturated carbocycles. The molecule has 2 aromatic heterocycles. The van der Waals surface area contributed by atoms with Crippen LogP contribution in [0.15, 0.2) is 212 Å². The molecule has 4 nitrogen and oxygen atoms in total. The number of hydrogen-bond donors (Lipinski definition) is 1. The summed E-state index contributed by atoms with van der Waals surface area (Å²) in [5, 5.41) is 10.9. The predicted octanol–water partition coefficient (Wildman–Crippen LogP) is 14.3. The highest BCUT2D eigenvalue weighted by molar-refractivity contribution is 5.93. The van der Waals surface area contributed by atoms with Crippen LogP contribution in [0.5, 0.6) is 0 Å². The number of aliphatic hydroxyl groups is 1. The SMILES string of the molecule is C/C(O)=C/C(=O)CCc1ccccc1-c1cc(-c2ccccc2-c2ccc(-c3ccc4ccccc4n3)cc2)cc(-c2ccccc2-c2ccc(-c3ccccc3)nc2)c1. The van der Waals surface area contributed by atoms with E-state index < -0.39 is 0 Å². The summed E-state index contributed by atoms with van der Waals surface area (Å²) in [5.74, 6) is -0.0794. The van der Waals surface area contributed by atoms with Crippen LogP contribution >= 0.6 is 0 Å². The summed E-state index contributed by atoms with van der Waals surface area (Å²) in [7, 11) is 0. The Morgan fingerprint density at radius 2 is 0.983 bits per heavy atom. The third kappa shape index (κ3) is 8.18. The first kappa shape index (κ1) is 37.9. The second-order valence-corrected chi connectivity index (χ2v) is 15.1. The smallest absolute Gasteiger partial charge is 0.159 e. The molecule has 0 fully saturated rings. The van der Waals surface area contributed by atoms with Gasteiger partial charge in [-0.05, 0) is 105 Å². The van der Waals surface area contributed by atoms with Crippen LogP contribution in [0.2, 0.25) is 0 Å². The van der Waals surface area contributed by atoms with E-state index in [1.807, 2.05) is 42.6 Å². The number of aryl methyl sites for hydroxylation is 1. The molecule has 0 unspecified atom stereocenters. The van der Waals surface area contributed by atoms with Gasteiger partial charge in [-0.15, -0.1) is 0 Å². The predicted molar refractivity (Wildman–Crippen MR) is 247 cm³/mol. The number of allylic oxidation sites excluding steroid dienone is 2. The summed E-state index contributed by atoms with van der Waals surface area (Å²) in [6, 6.07) is 67.8. The van der Waals surface area contributed by atoms with E-state index in [-0.39, 0.29) is 11.5 Å². The molecule has 0 bridgehead atoms. The van der Waals surface area contributed by atoms with E-state index in [9.17, 15) is 9.90 Å². The highest BCUT2D eigenvalue weighted by atomic mass is 16.3. The highest BCUT2D eigenvalue weighted by Crippen LogP contribution is 2.41. The van der Waals surface area contributed by atoms with Gasteiger partial charge in [0.25, 0.3) is 0 Å². The molecule has 0 aliphatic carbocycles. The first-order valence-corrected chi connectivity index (χ1v) is 20.3. The van der Waals surface area contributed by atoms with Crippen LogP contribution in [0.4, 0.5) is 0 Å². The second kappa shape index (κ2) is 17.0. The second-order valence-electron chi connectivity index (χ2n) is 15.1. The number of rotatable bonds is 11. The Balaban J connectivity index is 1.15. The van der Waals surface area contributed by atoms with Crippen molar-refractivity contribution in [2.24, 2.45) is 0 Å². The number of aliphatic hydroxyl groups excluding tert-OH is 1. The molecule has 0 saturated heterocycles. The molecular weight excluding hydrogens is 733 g/mol. The number of aromatic nitrogens is 2. The summed E-state index contributed by atoms with van der Waals surface area (Å²) < 4.78 is 0. The molecule has 9 rings (SSSR count). The minimum atomic E-state index is -0.101. The number of hydrogen-bond acceptors (Lipinski definition) is 4. The summed E-state index contributed by atoms with van der Waals surface area (Å²) >= 11 is 0. The molecular formula is C56H42N2O2. The molecule has 60 heavy (non-hydrogen) atoms. The van der Waals surface area contributed by atoms with Crippen molar-refractivity contribution in [3.63, 3.8) is 0 Å². The first-order chi connectivity index (χ1) is 29.5. The largest absolute Gasteiger partial charge is 0.512 e. The molecule has 1 N–H and O–H groups in total. The van der Waals surface area contributed by atoms with Gasteiger partial charge in [0.2, 0.25) is 0 Å². The highest BCUT2D eigenvalue weighted by Gasteiger charge is 2.16. The van der Waals surface area contributed by atoms with Crippen LogP contribution < -0.4 is 0 Å². The number of benzene rings is 7. The van der Waals surface area contributed by atoms with Crippen molar-refractivity contribution in [2.45, 2.75) is 19.8 Å². The Bertz CT molecular complexity index is 3000. The molecule has 0 radical (unpaired) electrons. The Morgan fingerprint density at radius 3 is 1.63 bits per heavy atom. The number of para-hydroxylation sites is 1. The monoisotopic (exact) mass is 774 g/mol. The van der Waals surface area contributed by atoms with Crippen LogP contribution in [0.25, 0.3) is 89.1 Å². The van der Waals surface area contributed by atoms with Crippen molar-refractivity contribution >= 4 is 16.7 Å². The van der Waals surface area contributed by atoms with Gasteiger partial charge in [0.05, 0.1) is 22.7 Å². The van der Waals surface area contributed by atoms with Gasteiger partial charge in [-0.2, -0.15) is 0 Å². The molecule has 9 aromatic rings. The van der Waals surface area contributed by atoms with Gasteiger partial charge in [0, 0.05) is 40.8 Å². The zero-order valence-corrected chi connectivity index (χ0v) is 33.3. The van der Waals surface area contributed by atoms with E-state index in [2.05, 4.69) is 158 Å². The van der Waals surface area contributed by atoms with Gasteiger partial charge in [0.15, 0.2) is 5.78 Å². The molecule has 0 aliphatic heterocycles. The molecule has 2 heterocycles. The van der Waals surface area contributed by atoms with Crippen molar-refractivity contribution in [1.29, 1.82) is 0 Å².